The van der Waals surface area contributed by atoms with Gasteiger partial charge >= 0.3 is 0 Å². The predicted octanol–water partition coefficient (Wildman–Crippen LogP) is 1.64. The molecule has 1 heterocycles. The first kappa shape index (κ1) is 6.93. The second kappa shape index (κ2) is 2.60. The first-order chi connectivity index (χ1) is 4.20. The van der Waals surface area contributed by atoms with Gasteiger partial charge in [-0.3, -0.25) is 4.99 Å². The van der Waals surface area contributed by atoms with E-state index in [1.165, 1.54) is 0 Å². The van der Waals surface area contributed by atoms with Crippen LogP contribution in [0.2, 0.25) is 0 Å². The van der Waals surface area contributed by atoms with Crippen LogP contribution in [0.4, 0.5) is 0 Å². The smallest absolute Gasteiger partial charge is 0.114 e. The Kier molecular flexibility index (Phi) is 2.01. The monoisotopic (exact) mass is 144 g/mol. The van der Waals surface area contributed by atoms with Crippen LogP contribution in [0.1, 0.15) is 20.8 Å². The third-order valence-corrected chi connectivity index (χ3v) is 1.98. The van der Waals surface area contributed by atoms with E-state index < -0.39 is 0 Å². The summed E-state index contributed by atoms with van der Waals surface area (Å²) >= 11 is 1.68. The van der Waals surface area contributed by atoms with Gasteiger partial charge in [0.15, 0.2) is 0 Å². The Morgan fingerprint density at radius 3 is 2.56 bits per heavy atom. The van der Waals surface area contributed by atoms with Gasteiger partial charge in [-0.15, -0.1) is 0 Å². The van der Waals surface area contributed by atoms with Crippen molar-refractivity contribution in [1.82, 2.24) is 4.72 Å². The Balaban J connectivity index is 2.52. The largest absolute Gasteiger partial charge is 0.316 e. The second-order valence-corrected chi connectivity index (χ2v) is 3.61. The third kappa shape index (κ3) is 1.61. The van der Waals surface area contributed by atoms with Crippen molar-refractivity contribution >= 4 is 17.8 Å². The highest BCUT2D eigenvalue weighted by atomic mass is 32.2. The zero-order chi connectivity index (χ0) is 6.85. The number of amidine groups is 1. The Morgan fingerprint density at radius 2 is 2.33 bits per heavy atom. The summed E-state index contributed by atoms with van der Waals surface area (Å²) < 4.78 is 3.17. The molecule has 0 aliphatic carbocycles. The minimum Gasteiger partial charge on any atom is -0.316 e. The highest BCUT2D eigenvalue weighted by Gasteiger charge is 2.14. The van der Waals surface area contributed by atoms with Crippen molar-refractivity contribution in [2.45, 2.75) is 26.1 Å². The van der Waals surface area contributed by atoms with E-state index in [0.717, 1.165) is 5.84 Å². The average molecular weight is 144 g/mol. The summed E-state index contributed by atoms with van der Waals surface area (Å²) in [6.45, 7) is 6.38. The minimum atomic E-state index is 0.405. The molecule has 0 aromatic carbocycles. The SMILES string of the molecule is CC1N=C(C(C)C)NS1. The van der Waals surface area contributed by atoms with Crippen LogP contribution in [-0.2, 0) is 0 Å². The van der Waals surface area contributed by atoms with Crippen LogP contribution in [0.3, 0.4) is 0 Å². The Labute approximate surface area is 60.3 Å². The number of hydrogen-bond donors (Lipinski definition) is 1. The summed E-state index contributed by atoms with van der Waals surface area (Å²) in [5.41, 5.74) is 0. The molecule has 1 unspecified atom stereocenters. The second-order valence-electron chi connectivity index (χ2n) is 2.49. The van der Waals surface area contributed by atoms with Gasteiger partial charge in [-0.05, 0) is 18.9 Å². The molecule has 0 fully saturated rings. The van der Waals surface area contributed by atoms with Gasteiger partial charge in [-0.1, -0.05) is 13.8 Å². The van der Waals surface area contributed by atoms with Crippen LogP contribution in [0.5, 0.6) is 0 Å². The van der Waals surface area contributed by atoms with Gasteiger partial charge in [0.05, 0.1) is 0 Å². The molecule has 0 spiro atoms. The molecule has 9 heavy (non-hydrogen) atoms. The van der Waals surface area contributed by atoms with Crippen molar-refractivity contribution in [3.05, 3.63) is 0 Å². The predicted molar refractivity (Wildman–Crippen MR) is 42.5 cm³/mol. The summed E-state index contributed by atoms with van der Waals surface area (Å²) in [5.74, 6) is 1.68. The average Bonchev–Trinajstić information content (AvgIpc) is 2.14. The Hall–Kier alpha value is -0.180. The van der Waals surface area contributed by atoms with Crippen LogP contribution in [0.15, 0.2) is 4.99 Å². The van der Waals surface area contributed by atoms with Crippen molar-refractivity contribution in [3.8, 4) is 0 Å². The Bertz CT molecular complexity index is 131. The zero-order valence-electron chi connectivity index (χ0n) is 6.01. The molecule has 3 heteroatoms. The van der Waals surface area contributed by atoms with Crippen LogP contribution in [-0.4, -0.2) is 11.2 Å². The third-order valence-electron chi connectivity index (χ3n) is 1.20. The zero-order valence-corrected chi connectivity index (χ0v) is 6.83. The standard InChI is InChI=1S/C6H12N2S/c1-4(2)6-7-5(3)9-8-6/h4-5H,1-3H3,(H,7,8). The number of nitrogens with zero attached hydrogens (tertiary/aromatic N) is 1. The lowest BCUT2D eigenvalue weighted by Crippen LogP contribution is -2.17. The number of hydrogen-bond acceptors (Lipinski definition) is 3. The number of nitrogens with one attached hydrogen (secondary N) is 1. The number of aliphatic imine (C=N–C) groups is 1. The maximum Gasteiger partial charge on any atom is 0.114 e. The first-order valence-electron chi connectivity index (χ1n) is 3.19. The van der Waals surface area contributed by atoms with Crippen LogP contribution >= 0.6 is 11.9 Å². The first-order valence-corrected chi connectivity index (χ1v) is 4.07. The molecular weight excluding hydrogens is 132 g/mol. The van der Waals surface area contributed by atoms with Crippen LogP contribution in [0, 0.1) is 5.92 Å². The molecule has 0 aromatic heterocycles. The fraction of sp³-hybridized carbons (Fsp3) is 0.833. The van der Waals surface area contributed by atoms with Gasteiger partial charge in [-0.2, -0.15) is 0 Å². The van der Waals surface area contributed by atoms with E-state index in [-0.39, 0.29) is 0 Å². The van der Waals surface area contributed by atoms with Gasteiger partial charge in [-0.25, -0.2) is 0 Å². The summed E-state index contributed by atoms with van der Waals surface area (Å²) in [7, 11) is 0. The molecule has 1 atom stereocenters. The van der Waals surface area contributed by atoms with Crippen LogP contribution < -0.4 is 4.72 Å². The van der Waals surface area contributed by atoms with Crippen molar-refractivity contribution in [2.75, 3.05) is 0 Å². The van der Waals surface area contributed by atoms with E-state index in [0.29, 0.717) is 11.3 Å². The molecule has 0 radical (unpaired) electrons. The van der Waals surface area contributed by atoms with Gasteiger partial charge < -0.3 is 4.72 Å². The highest BCUT2D eigenvalue weighted by Crippen LogP contribution is 2.16. The lowest BCUT2D eigenvalue weighted by molar-refractivity contribution is 0.857. The molecular formula is C6H12N2S. The van der Waals surface area contributed by atoms with E-state index >= 15 is 0 Å². The lowest BCUT2D eigenvalue weighted by atomic mass is 10.2. The molecule has 0 aromatic rings. The molecule has 0 amide bonds. The summed E-state index contributed by atoms with van der Waals surface area (Å²) in [6.07, 6.45) is 0. The minimum absolute atomic E-state index is 0.405. The summed E-state index contributed by atoms with van der Waals surface area (Å²) in [4.78, 5) is 4.36. The van der Waals surface area contributed by atoms with E-state index in [1.54, 1.807) is 11.9 Å². The quantitative estimate of drug-likeness (QED) is 0.566. The van der Waals surface area contributed by atoms with E-state index in [9.17, 15) is 0 Å². The van der Waals surface area contributed by atoms with Gasteiger partial charge in [0.2, 0.25) is 0 Å². The molecule has 1 aliphatic heterocycles. The van der Waals surface area contributed by atoms with Gasteiger partial charge in [0.1, 0.15) is 11.2 Å². The highest BCUT2D eigenvalue weighted by molar-refractivity contribution is 7.98. The van der Waals surface area contributed by atoms with Crippen molar-refractivity contribution in [1.29, 1.82) is 0 Å². The van der Waals surface area contributed by atoms with E-state index in [4.69, 9.17) is 0 Å². The topological polar surface area (TPSA) is 24.4 Å². The maximum absolute atomic E-state index is 4.36. The van der Waals surface area contributed by atoms with E-state index in [1.807, 2.05) is 0 Å². The number of rotatable bonds is 1. The van der Waals surface area contributed by atoms with E-state index in [2.05, 4.69) is 30.5 Å². The van der Waals surface area contributed by atoms with Crippen molar-refractivity contribution in [2.24, 2.45) is 10.9 Å². The maximum atomic E-state index is 4.36. The molecule has 2 nitrogen and oxygen atoms in total. The van der Waals surface area contributed by atoms with Crippen molar-refractivity contribution in [3.63, 3.8) is 0 Å². The van der Waals surface area contributed by atoms with Gasteiger partial charge in [0.25, 0.3) is 0 Å². The molecule has 1 rings (SSSR count). The molecule has 52 valence electrons. The fourth-order valence-electron chi connectivity index (χ4n) is 0.661. The molecule has 0 saturated heterocycles. The molecule has 0 bridgehead atoms. The normalized spacial score (nSPS) is 26.2. The summed E-state index contributed by atoms with van der Waals surface area (Å²) in [5, 5.41) is 0.405. The molecule has 0 saturated carbocycles. The lowest BCUT2D eigenvalue weighted by Gasteiger charge is -2.01. The Morgan fingerprint density at radius 1 is 1.67 bits per heavy atom. The molecule has 1 aliphatic rings. The summed E-state index contributed by atoms with van der Waals surface area (Å²) in [6, 6.07) is 0. The van der Waals surface area contributed by atoms with Crippen molar-refractivity contribution < 1.29 is 0 Å². The van der Waals surface area contributed by atoms with Crippen LogP contribution in [0.25, 0.3) is 0 Å². The van der Waals surface area contributed by atoms with Gasteiger partial charge in [0, 0.05) is 5.92 Å². The fourth-order valence-corrected chi connectivity index (χ4v) is 1.41. The molecule has 1 N–H and O–H groups in total.